The first-order chi connectivity index (χ1) is 25.7. The number of nitrogens with zero attached hydrogens (tertiary/aromatic N) is 4. The monoisotopic (exact) mass is 660 g/mol. The number of aromatic nitrogens is 4. The topological polar surface area (TPSA) is 51.6 Å². The molecule has 0 saturated heterocycles. The highest BCUT2D eigenvalue weighted by Gasteiger charge is 2.16. The van der Waals surface area contributed by atoms with E-state index in [1.54, 1.807) is 0 Å². The fourth-order valence-electron chi connectivity index (χ4n) is 7.95. The van der Waals surface area contributed by atoms with E-state index in [1.165, 1.54) is 49.0 Å². The molecule has 0 amide bonds. The van der Waals surface area contributed by atoms with Crippen LogP contribution in [0.3, 0.4) is 0 Å². The summed E-state index contributed by atoms with van der Waals surface area (Å²) in [6.45, 7) is 0. The molecular weight excluding hydrogens is 633 g/mol. The summed E-state index contributed by atoms with van der Waals surface area (Å²) in [6.07, 6.45) is 5.68. The summed E-state index contributed by atoms with van der Waals surface area (Å²) in [5.41, 5.74) is 11.4. The minimum atomic E-state index is 0.886. The van der Waals surface area contributed by atoms with Crippen LogP contribution in [0, 0.1) is 0 Å². The lowest BCUT2D eigenvalue weighted by Crippen LogP contribution is -1.92. The first-order valence-corrected chi connectivity index (χ1v) is 17.5. The molecule has 0 spiro atoms. The average Bonchev–Trinajstić information content (AvgIpc) is 3.22. The highest BCUT2D eigenvalue weighted by atomic mass is 14.8. The van der Waals surface area contributed by atoms with Gasteiger partial charge in [0.2, 0.25) is 0 Å². The van der Waals surface area contributed by atoms with Crippen molar-refractivity contribution in [2.45, 2.75) is 0 Å². The summed E-state index contributed by atoms with van der Waals surface area (Å²) in [6, 6.07) is 54.0. The van der Waals surface area contributed by atoms with Crippen LogP contribution in [0.2, 0.25) is 0 Å². The van der Waals surface area contributed by atoms with Gasteiger partial charge in [-0.05, 0) is 79.3 Å². The fraction of sp³-hybridized carbons (Fsp3) is 0. The molecule has 240 valence electrons. The van der Waals surface area contributed by atoms with Crippen LogP contribution in [-0.4, -0.2) is 19.9 Å². The molecule has 0 atom stereocenters. The highest BCUT2D eigenvalue weighted by Crippen LogP contribution is 2.42. The maximum Gasteiger partial charge on any atom is 0.0972 e. The molecule has 0 N–H and O–H groups in total. The number of rotatable bonds is 4. The van der Waals surface area contributed by atoms with E-state index in [4.69, 9.17) is 9.97 Å². The Bertz CT molecular complexity index is 3170. The minimum Gasteiger partial charge on any atom is -0.264 e. The quantitative estimate of drug-likeness (QED) is 0.176. The van der Waals surface area contributed by atoms with Gasteiger partial charge in [0.1, 0.15) is 0 Å². The van der Waals surface area contributed by atoms with E-state index in [0.29, 0.717) is 0 Å². The van der Waals surface area contributed by atoms with E-state index in [9.17, 15) is 0 Å². The summed E-state index contributed by atoms with van der Waals surface area (Å²) in [5, 5.41) is 10.8. The van der Waals surface area contributed by atoms with Gasteiger partial charge in [0.25, 0.3) is 0 Å². The molecule has 7 aromatic carbocycles. The van der Waals surface area contributed by atoms with Crippen molar-refractivity contribution in [1.29, 1.82) is 0 Å². The van der Waals surface area contributed by atoms with E-state index >= 15 is 0 Å². The van der Waals surface area contributed by atoms with Crippen LogP contribution in [-0.2, 0) is 0 Å². The van der Waals surface area contributed by atoms with Gasteiger partial charge < -0.3 is 0 Å². The van der Waals surface area contributed by atoms with Gasteiger partial charge in [0, 0.05) is 51.4 Å². The van der Waals surface area contributed by atoms with E-state index in [0.717, 1.165) is 60.8 Å². The number of fused-ring (bicyclic) bond motifs is 4. The van der Waals surface area contributed by atoms with Crippen molar-refractivity contribution in [3.05, 3.63) is 170 Å². The van der Waals surface area contributed by atoms with Gasteiger partial charge in [0.15, 0.2) is 0 Å². The summed E-state index contributed by atoms with van der Waals surface area (Å²) >= 11 is 0. The zero-order valence-corrected chi connectivity index (χ0v) is 28.0. The van der Waals surface area contributed by atoms with Gasteiger partial charge in [-0.3, -0.25) is 9.97 Å². The molecule has 0 bridgehead atoms. The number of hydrogen-bond acceptors (Lipinski definition) is 4. The van der Waals surface area contributed by atoms with Gasteiger partial charge in [0.05, 0.1) is 27.9 Å². The summed E-state index contributed by atoms with van der Waals surface area (Å²) in [5.74, 6) is 0. The van der Waals surface area contributed by atoms with Crippen molar-refractivity contribution < 1.29 is 0 Å². The maximum atomic E-state index is 5.22. The normalized spacial score (nSPS) is 11.8. The fourth-order valence-corrected chi connectivity index (χ4v) is 7.95. The van der Waals surface area contributed by atoms with Gasteiger partial charge in [-0.25, -0.2) is 9.97 Å². The van der Waals surface area contributed by atoms with Gasteiger partial charge in [-0.2, -0.15) is 0 Å². The second-order valence-electron chi connectivity index (χ2n) is 13.5. The molecule has 11 rings (SSSR count). The van der Waals surface area contributed by atoms with Crippen LogP contribution >= 0.6 is 0 Å². The lowest BCUT2D eigenvalue weighted by Gasteiger charge is -2.16. The number of pyridine rings is 4. The molecule has 0 saturated carbocycles. The molecule has 11 aromatic rings. The third-order valence-corrected chi connectivity index (χ3v) is 10.5. The number of para-hydroxylation sites is 1. The third-order valence-electron chi connectivity index (χ3n) is 10.5. The van der Waals surface area contributed by atoms with Crippen LogP contribution in [0.15, 0.2) is 170 Å². The van der Waals surface area contributed by atoms with E-state index in [1.807, 2.05) is 42.9 Å². The molecule has 0 radical (unpaired) electrons. The number of hydrogen-bond donors (Lipinski definition) is 0. The molecule has 0 aliphatic heterocycles. The van der Waals surface area contributed by atoms with Crippen molar-refractivity contribution in [1.82, 2.24) is 19.9 Å². The van der Waals surface area contributed by atoms with Gasteiger partial charge in [-0.1, -0.05) is 121 Å². The van der Waals surface area contributed by atoms with Crippen LogP contribution < -0.4 is 0 Å². The second-order valence-corrected chi connectivity index (χ2v) is 13.5. The Morgan fingerprint density at radius 1 is 0.365 bits per heavy atom. The molecule has 4 aromatic heterocycles. The van der Waals surface area contributed by atoms with Crippen molar-refractivity contribution >= 4 is 65.0 Å². The Kier molecular flexibility index (Phi) is 6.22. The Labute approximate surface area is 299 Å². The molecule has 4 nitrogen and oxygen atoms in total. The van der Waals surface area contributed by atoms with Crippen LogP contribution in [0.5, 0.6) is 0 Å². The maximum absolute atomic E-state index is 5.22. The zero-order valence-electron chi connectivity index (χ0n) is 28.0. The largest absolute Gasteiger partial charge is 0.264 e. The van der Waals surface area contributed by atoms with Crippen molar-refractivity contribution in [3.63, 3.8) is 0 Å². The summed E-state index contributed by atoms with van der Waals surface area (Å²) in [7, 11) is 0. The van der Waals surface area contributed by atoms with Crippen LogP contribution in [0.25, 0.3) is 110 Å². The van der Waals surface area contributed by atoms with Crippen molar-refractivity contribution in [2.24, 2.45) is 0 Å². The van der Waals surface area contributed by atoms with Crippen molar-refractivity contribution in [2.75, 3.05) is 0 Å². The Morgan fingerprint density at radius 3 is 1.62 bits per heavy atom. The molecule has 0 fully saturated rings. The lowest BCUT2D eigenvalue weighted by atomic mass is 9.87. The molecule has 4 heteroatoms. The second kappa shape index (κ2) is 11.2. The number of benzene rings is 7. The Morgan fingerprint density at radius 2 is 0.942 bits per heavy atom. The van der Waals surface area contributed by atoms with Crippen molar-refractivity contribution in [3.8, 4) is 44.8 Å². The van der Waals surface area contributed by atoms with E-state index in [2.05, 4.69) is 137 Å². The Balaban J connectivity index is 0.998. The smallest absolute Gasteiger partial charge is 0.0972 e. The van der Waals surface area contributed by atoms with E-state index in [-0.39, 0.29) is 0 Å². The first-order valence-electron chi connectivity index (χ1n) is 17.5. The molecule has 4 heterocycles. The minimum absolute atomic E-state index is 0.886. The zero-order chi connectivity index (χ0) is 34.2. The summed E-state index contributed by atoms with van der Waals surface area (Å²) < 4.78 is 0. The predicted octanol–water partition coefficient (Wildman–Crippen LogP) is 12.3. The molecular formula is C48H28N4. The Hall–Kier alpha value is -7.04. The molecule has 0 aliphatic rings. The molecule has 0 unspecified atom stereocenters. The first kappa shape index (κ1) is 28.8. The highest BCUT2D eigenvalue weighted by molar-refractivity contribution is 6.27. The van der Waals surface area contributed by atoms with Gasteiger partial charge in [-0.15, -0.1) is 0 Å². The van der Waals surface area contributed by atoms with Crippen LogP contribution in [0.1, 0.15) is 0 Å². The predicted molar refractivity (Wildman–Crippen MR) is 216 cm³/mol. The van der Waals surface area contributed by atoms with Gasteiger partial charge >= 0.3 is 0 Å². The average molecular weight is 661 g/mol. The standard InChI is InChI=1S/C48H28N4/c1-2-6-42-35(4-1)26-37(28-50-42)44-24-18-34-12-11-33-17-23-43(51-47(33)48(34)52-44)30-9-7-29(8-10-30)38-19-13-31-16-22-41-39(36-5-3-25-49-27-36)20-14-32-15-21-40(38)45(31)46(32)41/h1-28H. The van der Waals surface area contributed by atoms with Crippen LogP contribution in [0.4, 0.5) is 0 Å². The SMILES string of the molecule is c1cncc(-c2ccc3ccc4c(-c5ccc(-c6ccc7ccc8ccc(-c9cnc%10ccccc%10c9)nc8c7n6)cc5)ccc5ccc2c3c54)c1. The third kappa shape index (κ3) is 4.48. The lowest BCUT2D eigenvalue weighted by molar-refractivity contribution is 1.33. The van der Waals surface area contributed by atoms with E-state index < -0.39 is 0 Å². The molecule has 52 heavy (non-hydrogen) atoms. The molecule has 0 aliphatic carbocycles. The summed E-state index contributed by atoms with van der Waals surface area (Å²) in [4.78, 5) is 19.4.